The van der Waals surface area contributed by atoms with E-state index in [2.05, 4.69) is 25.5 Å². The molecule has 1 aliphatic rings. The summed E-state index contributed by atoms with van der Waals surface area (Å²) in [6.07, 6.45) is 2.52. The van der Waals surface area contributed by atoms with Crippen LogP contribution in [0, 0.1) is 23.1 Å². The Hall–Kier alpha value is -3.65. The molecule has 1 aliphatic carbocycles. The summed E-state index contributed by atoms with van der Waals surface area (Å²) in [6, 6.07) is 1.35. The number of carbonyl (C=O) groups excluding carboxylic acids is 1. The van der Waals surface area contributed by atoms with Crippen molar-refractivity contribution in [3.8, 4) is 17.3 Å². The number of benzene rings is 1. The first-order chi connectivity index (χ1) is 14.9. The zero-order chi connectivity index (χ0) is 21.9. The van der Waals surface area contributed by atoms with Gasteiger partial charge in [-0.05, 0) is 6.42 Å². The van der Waals surface area contributed by atoms with Crippen molar-refractivity contribution in [3.05, 3.63) is 41.2 Å². The maximum atomic E-state index is 14.9. The van der Waals surface area contributed by atoms with Crippen LogP contribution >= 0.6 is 11.6 Å². The van der Waals surface area contributed by atoms with Crippen molar-refractivity contribution in [2.75, 3.05) is 5.32 Å². The van der Waals surface area contributed by atoms with Crippen molar-refractivity contribution in [1.82, 2.24) is 24.6 Å². The lowest BCUT2D eigenvalue weighted by Crippen LogP contribution is -2.15. The van der Waals surface area contributed by atoms with Gasteiger partial charge in [0.25, 0.3) is 0 Å². The molecule has 3 heterocycles. The molecule has 3 aromatic heterocycles. The summed E-state index contributed by atoms with van der Waals surface area (Å²) >= 11 is 6.20. The lowest BCUT2D eigenvalue weighted by atomic mass is 10.0. The van der Waals surface area contributed by atoms with Crippen molar-refractivity contribution in [2.24, 2.45) is 5.92 Å². The van der Waals surface area contributed by atoms with E-state index in [1.165, 1.54) is 35.3 Å². The molecule has 1 saturated carbocycles. The van der Waals surface area contributed by atoms with Crippen LogP contribution in [-0.2, 0) is 4.79 Å². The van der Waals surface area contributed by atoms with Gasteiger partial charge in [-0.15, -0.1) is 0 Å². The number of nitrogens with one attached hydrogen (secondary N) is 2. The molecule has 0 saturated heterocycles. The van der Waals surface area contributed by atoms with Crippen LogP contribution in [0.25, 0.3) is 27.8 Å². The maximum Gasteiger partial charge on any atom is 0.231 e. The summed E-state index contributed by atoms with van der Waals surface area (Å²) in [4.78, 5) is 20.4. The monoisotopic (exact) mass is 445 g/mol. The highest BCUT2D eigenvalue weighted by molar-refractivity contribution is 6.35. The predicted molar refractivity (Wildman–Crippen MR) is 104 cm³/mol. The Morgan fingerprint density at radius 1 is 1.42 bits per heavy atom. The number of carbonyl (C=O) groups is 1. The van der Waals surface area contributed by atoms with Gasteiger partial charge in [-0.2, -0.15) is 10.4 Å². The third-order valence-corrected chi connectivity index (χ3v) is 5.45. The van der Waals surface area contributed by atoms with E-state index in [1.807, 2.05) is 0 Å². The number of H-pyrrole nitrogens is 1. The quantitative estimate of drug-likeness (QED) is 0.495. The van der Waals surface area contributed by atoms with Gasteiger partial charge in [-0.25, -0.2) is 18.2 Å². The minimum absolute atomic E-state index is 0.00311. The van der Waals surface area contributed by atoms with E-state index >= 15 is 0 Å². The van der Waals surface area contributed by atoms with Crippen LogP contribution < -0.4 is 5.32 Å². The number of nitrogens with zero attached hydrogens (tertiary/aromatic N) is 5. The van der Waals surface area contributed by atoms with E-state index in [0.717, 1.165) is 0 Å². The Balaban J connectivity index is 1.59. The molecule has 1 amide bonds. The van der Waals surface area contributed by atoms with E-state index in [4.69, 9.17) is 16.9 Å². The van der Waals surface area contributed by atoms with E-state index in [1.54, 1.807) is 0 Å². The van der Waals surface area contributed by atoms with Crippen molar-refractivity contribution in [2.45, 2.75) is 18.8 Å². The van der Waals surface area contributed by atoms with Gasteiger partial charge >= 0.3 is 0 Å². The third-order valence-electron chi connectivity index (χ3n) is 5.09. The van der Waals surface area contributed by atoms with Crippen LogP contribution in [-0.4, -0.2) is 36.6 Å². The first-order valence-electron chi connectivity index (χ1n) is 9.06. The molecular formula is C19H11ClF3N7O. The van der Waals surface area contributed by atoms with E-state index in [-0.39, 0.29) is 34.4 Å². The van der Waals surface area contributed by atoms with Gasteiger partial charge in [-0.1, -0.05) is 11.6 Å². The average molecular weight is 446 g/mol. The molecule has 0 radical (unpaired) electrons. The number of imidazole rings is 1. The summed E-state index contributed by atoms with van der Waals surface area (Å²) in [5.74, 6) is -2.00. The average Bonchev–Trinajstić information content (AvgIpc) is 3.12. The fraction of sp³-hybridized carbons (Fsp3) is 0.211. The van der Waals surface area contributed by atoms with Gasteiger partial charge in [0, 0.05) is 17.1 Å². The summed E-state index contributed by atoms with van der Waals surface area (Å²) < 4.78 is 43.5. The molecule has 3 unspecified atom stereocenters. The minimum Gasteiger partial charge on any atom is -0.309 e. The van der Waals surface area contributed by atoms with Crippen LogP contribution in [0.3, 0.4) is 0 Å². The molecule has 0 bridgehead atoms. The summed E-state index contributed by atoms with van der Waals surface area (Å²) in [5, 5.41) is 17.6. The molecule has 0 aliphatic heterocycles. The lowest BCUT2D eigenvalue weighted by molar-refractivity contribution is -0.117. The highest BCUT2D eigenvalue weighted by Crippen LogP contribution is 2.41. The Morgan fingerprint density at radius 3 is 2.90 bits per heavy atom. The van der Waals surface area contributed by atoms with E-state index in [9.17, 15) is 18.0 Å². The van der Waals surface area contributed by atoms with Crippen molar-refractivity contribution >= 4 is 39.9 Å². The molecule has 31 heavy (non-hydrogen) atoms. The first-order valence-corrected chi connectivity index (χ1v) is 9.44. The number of nitriles is 1. The third kappa shape index (κ3) is 3.07. The smallest absolute Gasteiger partial charge is 0.231 e. The normalized spacial score (nSPS) is 18.8. The summed E-state index contributed by atoms with van der Waals surface area (Å²) in [6.45, 7) is 0. The molecule has 1 fully saturated rings. The van der Waals surface area contributed by atoms with E-state index < -0.39 is 40.6 Å². The zero-order valence-corrected chi connectivity index (χ0v) is 16.2. The lowest BCUT2D eigenvalue weighted by Gasteiger charge is -2.12. The summed E-state index contributed by atoms with van der Waals surface area (Å²) in [5.41, 5.74) is 0.219. The van der Waals surface area contributed by atoms with Crippen molar-refractivity contribution in [3.63, 3.8) is 0 Å². The van der Waals surface area contributed by atoms with Crippen molar-refractivity contribution in [1.29, 1.82) is 5.26 Å². The molecule has 3 atom stereocenters. The van der Waals surface area contributed by atoms with Gasteiger partial charge in [0.15, 0.2) is 17.3 Å². The number of anilines is 1. The van der Waals surface area contributed by atoms with Crippen LogP contribution in [0.1, 0.15) is 18.2 Å². The molecule has 12 heteroatoms. The zero-order valence-electron chi connectivity index (χ0n) is 15.4. The Bertz CT molecular complexity index is 1410. The minimum atomic E-state index is -2.24. The van der Waals surface area contributed by atoms with Crippen LogP contribution in [0.2, 0.25) is 5.02 Å². The maximum absolute atomic E-state index is 14.9. The molecule has 4 aromatic rings. The number of amides is 1. The Morgan fingerprint density at radius 2 is 2.19 bits per heavy atom. The number of halogens is 4. The Kier molecular flexibility index (Phi) is 4.33. The van der Waals surface area contributed by atoms with Gasteiger partial charge < -0.3 is 9.72 Å². The molecular weight excluding hydrogens is 435 g/mol. The second kappa shape index (κ2) is 6.95. The summed E-state index contributed by atoms with van der Waals surface area (Å²) in [7, 11) is 0. The Labute approximate surface area is 176 Å². The number of aromatic amines is 1. The number of aromatic nitrogens is 5. The topological polar surface area (TPSA) is 112 Å². The number of hydrogen-bond donors (Lipinski definition) is 2. The second-order valence-corrected chi connectivity index (χ2v) is 7.46. The number of hydrogen-bond acceptors (Lipinski definition) is 5. The largest absolute Gasteiger partial charge is 0.309 e. The molecule has 0 spiro atoms. The molecule has 2 N–H and O–H groups in total. The molecule has 156 valence electrons. The standard InChI is InChI=1S/C19H11ClF3N7O/c20-16-14(8-3-26-29-18(8)15(17(16)23)10(22)2-24)11-5-30-6-12(27-13(30)4-25-11)28-19(31)7-1-9(7)21/h3-7,9-10H,1H2,(H,26,29)(H,28,31). The highest BCUT2D eigenvalue weighted by Gasteiger charge is 2.43. The van der Waals surface area contributed by atoms with Gasteiger partial charge in [-0.3, -0.25) is 14.9 Å². The first kappa shape index (κ1) is 19.3. The number of fused-ring (bicyclic) bond motifs is 2. The van der Waals surface area contributed by atoms with Crippen LogP contribution in [0.5, 0.6) is 0 Å². The fourth-order valence-electron chi connectivity index (χ4n) is 3.43. The van der Waals surface area contributed by atoms with Crippen LogP contribution in [0.4, 0.5) is 19.0 Å². The molecule has 5 rings (SSSR count). The predicted octanol–water partition coefficient (Wildman–Crippen LogP) is 3.90. The SMILES string of the molecule is N#CC(F)c1c(F)c(Cl)c(-c2cn3cc(NC(=O)C4CC4F)nc3cn2)c2cn[nH]c12. The second-order valence-electron chi connectivity index (χ2n) is 7.08. The van der Waals surface area contributed by atoms with Gasteiger partial charge in [0.1, 0.15) is 12.2 Å². The number of rotatable bonds is 4. The molecule has 1 aromatic carbocycles. The fourth-order valence-corrected chi connectivity index (χ4v) is 3.73. The van der Waals surface area contributed by atoms with Gasteiger partial charge in [0.2, 0.25) is 12.1 Å². The van der Waals surface area contributed by atoms with Crippen LogP contribution in [0.15, 0.2) is 24.8 Å². The number of alkyl halides is 2. The van der Waals surface area contributed by atoms with Gasteiger partial charge in [0.05, 0.1) is 46.3 Å². The van der Waals surface area contributed by atoms with E-state index in [0.29, 0.717) is 5.65 Å². The van der Waals surface area contributed by atoms with Crippen molar-refractivity contribution < 1.29 is 18.0 Å². The molecule has 8 nitrogen and oxygen atoms in total. The highest BCUT2D eigenvalue weighted by atomic mass is 35.5.